The third kappa shape index (κ3) is 6.86. The lowest BCUT2D eigenvalue weighted by molar-refractivity contribution is -0.139. The third-order valence-corrected chi connectivity index (χ3v) is 4.96. The predicted octanol–water partition coefficient (Wildman–Crippen LogP) is 1.89. The minimum Gasteiger partial charge on any atom is -0.469 e. The largest absolute Gasteiger partial charge is 0.469 e. The van der Waals surface area contributed by atoms with Crippen LogP contribution in [0.4, 0.5) is 11.4 Å². The molecule has 36 heavy (non-hydrogen) atoms. The Balaban J connectivity index is 0.000000239. The lowest BCUT2D eigenvalue weighted by Crippen LogP contribution is -2.29. The average Bonchev–Trinajstić information content (AvgIpc) is 3.41. The number of amides is 2. The smallest absolute Gasteiger partial charge is 0.309 e. The molecule has 1 N–H and O–H groups in total. The van der Waals surface area contributed by atoms with Gasteiger partial charge in [-0.25, -0.2) is 9.69 Å². The number of aliphatic imine (C=N–C) groups is 1. The number of aliphatic hydroxyl groups excluding tert-OH is 1. The van der Waals surface area contributed by atoms with Gasteiger partial charge in [-0.15, -0.1) is 0 Å². The maximum atomic E-state index is 11.5. The number of imide groups is 1. The van der Waals surface area contributed by atoms with E-state index in [1.54, 1.807) is 36.4 Å². The fourth-order valence-electron chi connectivity index (χ4n) is 3.28. The summed E-state index contributed by atoms with van der Waals surface area (Å²) in [5.74, 6) is -2.18. The summed E-state index contributed by atoms with van der Waals surface area (Å²) in [7, 11) is 2.33. The van der Waals surface area contributed by atoms with Gasteiger partial charge in [0, 0.05) is 19.3 Å². The van der Waals surface area contributed by atoms with Crippen LogP contribution in [-0.4, -0.2) is 54.8 Å². The van der Waals surface area contributed by atoms with Crippen LogP contribution in [0, 0.1) is 0 Å². The molecule has 0 spiro atoms. The van der Waals surface area contributed by atoms with E-state index in [1.807, 2.05) is 0 Å². The summed E-state index contributed by atoms with van der Waals surface area (Å²) in [4.78, 5) is 71.2. The van der Waals surface area contributed by atoms with Crippen molar-refractivity contribution >= 4 is 46.8 Å². The predicted molar refractivity (Wildman–Crippen MR) is 128 cm³/mol. The van der Waals surface area contributed by atoms with E-state index < -0.39 is 5.92 Å². The molecule has 1 heterocycles. The lowest BCUT2D eigenvalue weighted by atomic mass is 9.94. The van der Waals surface area contributed by atoms with Crippen LogP contribution in [0.25, 0.3) is 0 Å². The van der Waals surface area contributed by atoms with Crippen LogP contribution in [-0.2, 0) is 39.9 Å². The first-order chi connectivity index (χ1) is 17.3. The molecule has 2 aliphatic rings. The lowest BCUT2D eigenvalue weighted by Gasteiger charge is -2.13. The molecule has 1 aliphatic heterocycles. The summed E-state index contributed by atoms with van der Waals surface area (Å²) < 4.78 is 4.56. The molecule has 184 valence electrons. The first kappa shape index (κ1) is 27.5. The molecule has 0 radical (unpaired) electrons. The van der Waals surface area contributed by atoms with Gasteiger partial charge < -0.3 is 9.84 Å². The second kappa shape index (κ2) is 13.2. The highest BCUT2D eigenvalue weighted by Gasteiger charge is 2.29. The quantitative estimate of drug-likeness (QED) is 0.220. The molecule has 4 rings (SSSR count). The van der Waals surface area contributed by atoms with E-state index in [0.29, 0.717) is 16.9 Å². The summed E-state index contributed by atoms with van der Waals surface area (Å²) in [6.07, 6.45) is 6.61. The number of carbonyl (C=O) groups is 5. The van der Waals surface area contributed by atoms with Crippen LogP contribution in [0.3, 0.4) is 0 Å². The number of methoxy groups -OCH3 is 1. The second-order valence-electron chi connectivity index (χ2n) is 7.13. The van der Waals surface area contributed by atoms with Crippen molar-refractivity contribution in [2.75, 3.05) is 19.1 Å². The maximum absolute atomic E-state index is 11.5. The van der Waals surface area contributed by atoms with Gasteiger partial charge in [-0.05, 0) is 47.5 Å². The summed E-state index contributed by atoms with van der Waals surface area (Å²) in [5, 5.41) is 7.00. The highest BCUT2D eigenvalue weighted by Crippen LogP contribution is 2.24. The molecule has 0 saturated carbocycles. The summed E-state index contributed by atoms with van der Waals surface area (Å²) >= 11 is 0. The van der Waals surface area contributed by atoms with Gasteiger partial charge in [0.25, 0.3) is 11.8 Å². The van der Waals surface area contributed by atoms with E-state index in [4.69, 9.17) is 5.11 Å². The van der Waals surface area contributed by atoms with Gasteiger partial charge in [0.1, 0.15) is 5.92 Å². The molecule has 2 amide bonds. The first-order valence-corrected chi connectivity index (χ1v) is 10.4. The SMILES string of the molecule is CO.COC(=O)Cc1ccc(C2C(=O)C=CC2=O)cc1.O=C=Nc1ccc(N2C(=O)C=CC2=O)cc1. The molecule has 0 fully saturated rings. The van der Waals surface area contributed by atoms with Crippen molar-refractivity contribution in [3.05, 3.63) is 84.0 Å². The zero-order valence-corrected chi connectivity index (χ0v) is 19.4. The Morgan fingerprint density at radius 2 is 1.42 bits per heavy atom. The molecule has 0 aromatic heterocycles. The maximum Gasteiger partial charge on any atom is 0.309 e. The third-order valence-electron chi connectivity index (χ3n) is 4.96. The average molecular weight is 490 g/mol. The van der Waals surface area contributed by atoms with E-state index >= 15 is 0 Å². The van der Waals surface area contributed by atoms with Crippen molar-refractivity contribution in [2.24, 2.45) is 4.99 Å². The monoisotopic (exact) mass is 490 g/mol. The molecule has 0 unspecified atom stereocenters. The molecular weight excluding hydrogens is 468 g/mol. The second-order valence-corrected chi connectivity index (χ2v) is 7.13. The Kier molecular flexibility index (Phi) is 10.1. The normalized spacial score (nSPS) is 14.0. The van der Waals surface area contributed by atoms with Crippen LogP contribution < -0.4 is 4.90 Å². The Morgan fingerprint density at radius 3 is 1.89 bits per heavy atom. The van der Waals surface area contributed by atoms with E-state index in [1.165, 1.54) is 49.6 Å². The highest BCUT2D eigenvalue weighted by atomic mass is 16.5. The minimum atomic E-state index is -0.711. The van der Waals surface area contributed by atoms with Gasteiger partial charge in [0.05, 0.1) is 24.9 Å². The Morgan fingerprint density at radius 1 is 0.889 bits per heavy atom. The van der Waals surface area contributed by atoms with Gasteiger partial charge in [-0.1, -0.05) is 24.3 Å². The van der Waals surface area contributed by atoms with E-state index in [9.17, 15) is 28.8 Å². The Labute approximate surface area is 206 Å². The van der Waals surface area contributed by atoms with Crippen LogP contribution in [0.2, 0.25) is 0 Å². The molecule has 2 aromatic rings. The number of carbonyl (C=O) groups excluding carboxylic acids is 6. The minimum absolute atomic E-state index is 0.182. The van der Waals surface area contributed by atoms with Crippen LogP contribution in [0.5, 0.6) is 0 Å². The van der Waals surface area contributed by atoms with Crippen molar-refractivity contribution in [3.63, 3.8) is 0 Å². The van der Waals surface area contributed by atoms with Crippen molar-refractivity contribution in [3.8, 4) is 0 Å². The number of rotatable bonds is 5. The van der Waals surface area contributed by atoms with E-state index in [-0.39, 0.29) is 35.8 Å². The Bertz CT molecular complexity index is 1220. The molecule has 0 saturated heterocycles. The van der Waals surface area contributed by atoms with Crippen LogP contribution in [0.15, 0.2) is 77.8 Å². The van der Waals surface area contributed by atoms with Crippen LogP contribution in [0.1, 0.15) is 17.0 Å². The van der Waals surface area contributed by atoms with Gasteiger partial charge in [-0.3, -0.25) is 24.0 Å². The zero-order valence-electron chi connectivity index (χ0n) is 19.4. The summed E-state index contributed by atoms with van der Waals surface area (Å²) in [6, 6.07) is 13.0. The number of aliphatic hydroxyl groups is 1. The van der Waals surface area contributed by atoms with Crippen molar-refractivity contribution in [1.29, 1.82) is 0 Å². The van der Waals surface area contributed by atoms with E-state index in [2.05, 4.69) is 9.73 Å². The molecule has 1 aliphatic carbocycles. The fourth-order valence-corrected chi connectivity index (χ4v) is 3.28. The number of benzene rings is 2. The number of hydrogen-bond donors (Lipinski definition) is 1. The molecule has 0 atom stereocenters. The number of esters is 1. The van der Waals surface area contributed by atoms with Gasteiger partial charge in [-0.2, -0.15) is 4.99 Å². The number of ether oxygens (including phenoxy) is 1. The fraction of sp³-hybridized carbons (Fsp3) is 0.154. The standard InChI is InChI=1S/C14H12O4.C11H6N2O3.CH4O/c1-18-13(17)8-9-2-4-10(5-3-9)14-11(15)6-7-12(14)16;14-7-12-8-1-3-9(4-2-8)13-10(15)5-6-11(13)16;1-2/h2-7,14H,8H2,1H3;1-6H;2H,1H3. The number of hydrogen-bond acceptors (Lipinski definition) is 9. The number of isocyanates is 1. The highest BCUT2D eigenvalue weighted by molar-refractivity contribution is 6.28. The molecule has 10 nitrogen and oxygen atoms in total. The number of nitrogens with zero attached hydrogens (tertiary/aromatic N) is 2. The van der Waals surface area contributed by atoms with Crippen LogP contribution >= 0.6 is 0 Å². The molecule has 10 heteroatoms. The number of anilines is 1. The van der Waals surface area contributed by atoms with E-state index in [0.717, 1.165) is 17.6 Å². The molecular formula is C26H22N2O8. The summed E-state index contributed by atoms with van der Waals surface area (Å²) in [6.45, 7) is 0. The topological polar surface area (TPSA) is 147 Å². The Hall–Kier alpha value is -4.79. The van der Waals surface area contributed by atoms with Crippen molar-refractivity contribution in [1.82, 2.24) is 0 Å². The molecule has 2 aromatic carbocycles. The van der Waals surface area contributed by atoms with Gasteiger partial charge >= 0.3 is 5.97 Å². The van der Waals surface area contributed by atoms with Gasteiger partial charge in [0.2, 0.25) is 6.08 Å². The van der Waals surface area contributed by atoms with Crippen molar-refractivity contribution in [2.45, 2.75) is 12.3 Å². The number of allylic oxidation sites excluding steroid dienone is 2. The first-order valence-electron chi connectivity index (χ1n) is 10.4. The summed E-state index contributed by atoms with van der Waals surface area (Å²) in [5.41, 5.74) is 2.32. The van der Waals surface area contributed by atoms with Crippen molar-refractivity contribution < 1.29 is 38.6 Å². The van der Waals surface area contributed by atoms with Gasteiger partial charge in [0.15, 0.2) is 11.6 Å². The zero-order chi connectivity index (χ0) is 26.7. The number of ketones is 2. The molecule has 0 bridgehead atoms.